The Kier molecular flexibility index (Phi) is 10.0. The van der Waals surface area contributed by atoms with Crippen molar-refractivity contribution in [2.24, 2.45) is 0 Å². The number of benzene rings is 1. The molecule has 2 aliphatic heterocycles. The van der Waals surface area contributed by atoms with Gasteiger partial charge in [-0.15, -0.1) is 11.8 Å². The average molecular weight is 559 g/mol. The molecule has 4 rings (SSSR count). The van der Waals surface area contributed by atoms with Crippen LogP contribution in [-0.4, -0.2) is 76.2 Å². The third kappa shape index (κ3) is 7.19. The van der Waals surface area contributed by atoms with Gasteiger partial charge < -0.3 is 26.0 Å². The van der Waals surface area contributed by atoms with Crippen LogP contribution in [0.25, 0.3) is 0 Å². The quantitative estimate of drug-likeness (QED) is 0.437. The molecule has 0 aromatic heterocycles. The van der Waals surface area contributed by atoms with Crippen LogP contribution < -0.4 is 16.0 Å². The highest BCUT2D eigenvalue weighted by Crippen LogP contribution is 2.37. The molecule has 0 saturated carbocycles. The maximum atomic E-state index is 13.4. The van der Waals surface area contributed by atoms with Gasteiger partial charge in [0.2, 0.25) is 17.7 Å². The van der Waals surface area contributed by atoms with E-state index in [0.717, 1.165) is 31.4 Å². The zero-order valence-electron chi connectivity index (χ0n) is 21.2. The molecule has 2 fully saturated rings. The zero-order chi connectivity index (χ0) is 28.0. The smallest absolute Gasteiger partial charge is 0.475 e. The molecule has 1 aliphatic carbocycles. The lowest BCUT2D eigenvalue weighted by molar-refractivity contribution is -0.192. The van der Waals surface area contributed by atoms with Crippen molar-refractivity contribution >= 4 is 35.5 Å². The largest absolute Gasteiger partial charge is 0.490 e. The maximum Gasteiger partial charge on any atom is 0.490 e. The summed E-state index contributed by atoms with van der Waals surface area (Å²) < 4.78 is 31.7. The van der Waals surface area contributed by atoms with Gasteiger partial charge in [0.25, 0.3) is 0 Å². The molecule has 0 radical (unpaired) electrons. The van der Waals surface area contributed by atoms with Crippen molar-refractivity contribution in [1.29, 1.82) is 0 Å². The van der Waals surface area contributed by atoms with E-state index in [1.165, 1.54) is 11.1 Å². The zero-order valence-corrected chi connectivity index (χ0v) is 22.0. The number of likely N-dealkylation sites (N-methyl/N-ethyl adjacent to an activating group) is 1. The summed E-state index contributed by atoms with van der Waals surface area (Å²) in [4.78, 5) is 49.7. The molecule has 3 aliphatic rings. The second-order valence-corrected chi connectivity index (χ2v) is 10.8. The van der Waals surface area contributed by atoms with Gasteiger partial charge in [0.15, 0.2) is 0 Å². The summed E-state index contributed by atoms with van der Waals surface area (Å²) >= 11 is 1.72. The number of thioether (sulfide) groups is 1. The van der Waals surface area contributed by atoms with Crippen LogP contribution in [0, 0.1) is 0 Å². The van der Waals surface area contributed by atoms with E-state index in [2.05, 4.69) is 28.1 Å². The highest BCUT2D eigenvalue weighted by molar-refractivity contribution is 7.99. The number of carbonyl (C=O) groups excluding carboxylic acids is 3. The van der Waals surface area contributed by atoms with Crippen molar-refractivity contribution < 1.29 is 37.5 Å². The number of halogens is 3. The van der Waals surface area contributed by atoms with Gasteiger partial charge in [-0.25, -0.2) is 4.79 Å². The maximum absolute atomic E-state index is 13.4. The lowest BCUT2D eigenvalue weighted by Gasteiger charge is -2.32. The van der Waals surface area contributed by atoms with E-state index in [-0.39, 0.29) is 35.2 Å². The fraction of sp³-hybridized carbons (Fsp3) is 0.600. The van der Waals surface area contributed by atoms with Crippen LogP contribution in [0.1, 0.15) is 56.2 Å². The molecule has 2 saturated heterocycles. The molecule has 5 atom stereocenters. The highest BCUT2D eigenvalue weighted by Gasteiger charge is 2.45. The Balaban J connectivity index is 0.000000505. The number of aliphatic carboxylic acids is 1. The summed E-state index contributed by atoms with van der Waals surface area (Å²) in [5.41, 5.74) is 2.49. The fourth-order valence-corrected chi connectivity index (χ4v) is 6.21. The molecular formula is C25H33F3N4O5S. The Morgan fingerprint density at radius 3 is 2.42 bits per heavy atom. The predicted octanol–water partition coefficient (Wildman–Crippen LogP) is 2.36. The molecule has 1 aromatic carbocycles. The minimum Gasteiger partial charge on any atom is -0.475 e. The first-order valence-corrected chi connectivity index (χ1v) is 13.6. The average Bonchev–Trinajstić information content (AvgIpc) is 3.24. The number of aryl methyl sites for hydroxylation is 1. The van der Waals surface area contributed by atoms with Crippen LogP contribution in [0.4, 0.5) is 13.2 Å². The number of hydrogen-bond acceptors (Lipinski definition) is 6. The Morgan fingerprint density at radius 1 is 1.08 bits per heavy atom. The third-order valence-electron chi connectivity index (χ3n) is 6.98. The molecule has 38 heavy (non-hydrogen) atoms. The lowest BCUT2D eigenvalue weighted by Crippen LogP contribution is -2.56. The number of hydrogen-bond donors (Lipinski definition) is 4. The number of nitrogens with zero attached hydrogens (tertiary/aromatic N) is 1. The van der Waals surface area contributed by atoms with E-state index >= 15 is 0 Å². The molecule has 13 heteroatoms. The number of amides is 3. The summed E-state index contributed by atoms with van der Waals surface area (Å²) in [6.45, 7) is 1.77. The van der Waals surface area contributed by atoms with Crippen molar-refractivity contribution in [2.45, 2.75) is 81.2 Å². The monoisotopic (exact) mass is 558 g/mol. The van der Waals surface area contributed by atoms with Gasteiger partial charge >= 0.3 is 12.1 Å². The number of carboxylic acid groups (broad SMARTS) is 1. The van der Waals surface area contributed by atoms with Crippen molar-refractivity contribution in [1.82, 2.24) is 20.9 Å². The van der Waals surface area contributed by atoms with Crippen LogP contribution in [0.2, 0.25) is 0 Å². The highest BCUT2D eigenvalue weighted by atomic mass is 32.2. The van der Waals surface area contributed by atoms with E-state index < -0.39 is 24.2 Å². The van der Waals surface area contributed by atoms with E-state index in [4.69, 9.17) is 9.90 Å². The predicted molar refractivity (Wildman–Crippen MR) is 135 cm³/mol. The summed E-state index contributed by atoms with van der Waals surface area (Å²) in [6.07, 6.45) is -0.0149. The number of nitrogens with one attached hydrogen (secondary N) is 3. The molecule has 0 spiro atoms. The molecule has 3 amide bonds. The van der Waals surface area contributed by atoms with Crippen molar-refractivity contribution in [3.8, 4) is 0 Å². The second kappa shape index (κ2) is 12.8. The van der Waals surface area contributed by atoms with Gasteiger partial charge in [-0.3, -0.25) is 14.4 Å². The van der Waals surface area contributed by atoms with Crippen molar-refractivity contribution in [3.05, 3.63) is 35.4 Å². The van der Waals surface area contributed by atoms with Crippen molar-refractivity contribution in [3.63, 3.8) is 0 Å². The molecule has 4 N–H and O–H groups in total. The summed E-state index contributed by atoms with van der Waals surface area (Å²) in [5, 5.41) is 16.2. The molecule has 1 unspecified atom stereocenters. The van der Waals surface area contributed by atoms with Gasteiger partial charge in [0, 0.05) is 0 Å². The first kappa shape index (κ1) is 29.8. The minimum atomic E-state index is -5.08. The van der Waals surface area contributed by atoms with Crippen molar-refractivity contribution in [2.75, 3.05) is 12.8 Å². The van der Waals surface area contributed by atoms with Gasteiger partial charge in [-0.1, -0.05) is 24.3 Å². The first-order valence-electron chi connectivity index (χ1n) is 12.5. The Morgan fingerprint density at radius 2 is 1.76 bits per heavy atom. The molecule has 2 heterocycles. The number of fused-ring (bicyclic) bond motifs is 2. The van der Waals surface area contributed by atoms with E-state index in [0.29, 0.717) is 12.8 Å². The Hall–Kier alpha value is -2.80. The van der Waals surface area contributed by atoms with Crippen LogP contribution in [-0.2, 0) is 25.6 Å². The van der Waals surface area contributed by atoms with Crippen LogP contribution in [0.5, 0.6) is 0 Å². The topological polar surface area (TPSA) is 128 Å². The molecule has 9 nitrogen and oxygen atoms in total. The minimum absolute atomic E-state index is 0.00166. The van der Waals surface area contributed by atoms with Crippen LogP contribution in [0.3, 0.4) is 0 Å². The molecular weight excluding hydrogens is 525 g/mol. The normalized spacial score (nSPS) is 25.6. The van der Waals surface area contributed by atoms with Gasteiger partial charge in [0.05, 0.1) is 17.5 Å². The third-order valence-corrected chi connectivity index (χ3v) is 8.30. The van der Waals surface area contributed by atoms with Gasteiger partial charge in [0.1, 0.15) is 12.1 Å². The van der Waals surface area contributed by atoms with Gasteiger partial charge in [-0.05, 0) is 69.4 Å². The lowest BCUT2D eigenvalue weighted by atomic mass is 9.87. The second-order valence-electron chi connectivity index (χ2n) is 9.48. The van der Waals surface area contributed by atoms with Gasteiger partial charge in [-0.2, -0.15) is 13.2 Å². The van der Waals surface area contributed by atoms with Crippen LogP contribution in [0.15, 0.2) is 24.3 Å². The number of carboxylic acids is 1. The number of carbonyl (C=O) groups is 4. The number of alkyl halides is 3. The summed E-state index contributed by atoms with van der Waals surface area (Å²) in [7, 11) is 1.72. The Labute approximate surface area is 223 Å². The summed E-state index contributed by atoms with van der Waals surface area (Å²) in [5.74, 6) is -2.37. The molecule has 0 bridgehead atoms. The first-order chi connectivity index (χ1) is 17.9. The fourth-order valence-electron chi connectivity index (χ4n) is 4.85. The number of rotatable bonds is 5. The van der Waals surface area contributed by atoms with E-state index in [1.54, 1.807) is 30.6 Å². The Bertz CT molecular complexity index is 1040. The molecule has 1 aromatic rings. The SMILES string of the molecule is CN[C@@H](C)C(=O)N[C@H]1CCS[C@H]2CCC(C(=O)N[C@H]3CCCc4ccccc43)N2C1=O.O=C(O)C(F)(F)F. The van der Waals surface area contributed by atoms with Crippen LogP contribution >= 0.6 is 11.8 Å². The van der Waals surface area contributed by atoms with E-state index in [1.807, 2.05) is 12.1 Å². The standard InChI is InChI=1S/C23H32N4O3S.C2HF3O2/c1-14(24-2)21(28)26-18-12-13-31-20-11-10-19(27(20)23(18)30)22(29)25-17-9-5-7-15-6-3-4-8-16(15)17;3-2(4,5)1(6)7/h3-4,6,8,14,17-20,24H,5,7,9-13H2,1-2H3,(H,25,29)(H,26,28);(H,6,7)/t14-,17-,18-,19?,20-;/m0./s1. The molecule has 210 valence electrons. The van der Waals surface area contributed by atoms with E-state index in [9.17, 15) is 27.6 Å². The summed E-state index contributed by atoms with van der Waals surface area (Å²) in [6, 6.07) is 6.86.